The molecule has 0 spiro atoms. The zero-order chi connectivity index (χ0) is 15.2. The number of hydrogen-bond donors (Lipinski definition) is 1. The second-order valence-electron chi connectivity index (χ2n) is 4.61. The molecular formula is C12H20N4O3S. The van der Waals surface area contributed by atoms with Gasteiger partial charge in [-0.2, -0.15) is 9.57 Å². The number of sulfonamides is 1. The molecule has 112 valence electrons. The number of rotatable bonds is 5. The van der Waals surface area contributed by atoms with Gasteiger partial charge in [0.25, 0.3) is 5.91 Å². The summed E-state index contributed by atoms with van der Waals surface area (Å²) in [6.45, 7) is 4.13. The van der Waals surface area contributed by atoms with E-state index in [2.05, 4.69) is 5.32 Å². The molecule has 20 heavy (non-hydrogen) atoms. The monoisotopic (exact) mass is 300 g/mol. The molecule has 0 atom stereocenters. The molecule has 0 aliphatic carbocycles. The van der Waals surface area contributed by atoms with E-state index in [1.807, 2.05) is 13.0 Å². The topological polar surface area (TPSA) is 93.5 Å². The lowest BCUT2D eigenvalue weighted by atomic mass is 10.2. The molecule has 1 fully saturated rings. The minimum absolute atomic E-state index is 0.0475. The number of hydrogen-bond acceptors (Lipinski definition) is 5. The van der Waals surface area contributed by atoms with Crippen molar-refractivity contribution in [2.75, 3.05) is 39.0 Å². The van der Waals surface area contributed by atoms with Gasteiger partial charge in [-0.15, -0.1) is 0 Å². The highest BCUT2D eigenvalue weighted by molar-refractivity contribution is 7.88. The van der Waals surface area contributed by atoms with Crippen molar-refractivity contribution in [3.8, 4) is 6.07 Å². The van der Waals surface area contributed by atoms with E-state index in [0.29, 0.717) is 32.7 Å². The number of nitrogens with zero attached hydrogens (tertiary/aromatic N) is 3. The fourth-order valence-corrected chi connectivity index (χ4v) is 2.65. The minimum atomic E-state index is -3.17. The zero-order valence-electron chi connectivity index (χ0n) is 11.8. The van der Waals surface area contributed by atoms with Crippen molar-refractivity contribution in [3.05, 3.63) is 11.8 Å². The normalized spacial score (nSPS) is 17.6. The lowest BCUT2D eigenvalue weighted by molar-refractivity contribution is -0.117. The number of carbonyl (C=O) groups excluding carboxylic acids is 1. The van der Waals surface area contributed by atoms with Crippen LogP contribution in [0.25, 0.3) is 0 Å². The predicted octanol–water partition coefficient (Wildman–Crippen LogP) is -0.503. The van der Waals surface area contributed by atoms with Gasteiger partial charge in [0.2, 0.25) is 10.0 Å². The highest BCUT2D eigenvalue weighted by Crippen LogP contribution is 2.08. The molecule has 0 bridgehead atoms. The van der Waals surface area contributed by atoms with E-state index < -0.39 is 10.0 Å². The number of piperazine rings is 1. The summed E-state index contributed by atoms with van der Waals surface area (Å²) in [5.74, 6) is -0.389. The Labute approximate surface area is 119 Å². The molecular weight excluding hydrogens is 280 g/mol. The Balaban J connectivity index is 2.62. The molecule has 1 amide bonds. The Morgan fingerprint density at radius 2 is 1.95 bits per heavy atom. The van der Waals surface area contributed by atoms with Crippen LogP contribution in [0.1, 0.15) is 13.3 Å². The Morgan fingerprint density at radius 3 is 2.40 bits per heavy atom. The fourth-order valence-electron chi connectivity index (χ4n) is 1.82. The Kier molecular flexibility index (Phi) is 5.98. The van der Waals surface area contributed by atoms with Crippen LogP contribution in [0.2, 0.25) is 0 Å². The second-order valence-corrected chi connectivity index (χ2v) is 6.59. The molecule has 0 saturated carbocycles. The predicted molar refractivity (Wildman–Crippen MR) is 75.0 cm³/mol. The van der Waals surface area contributed by atoms with Gasteiger partial charge < -0.3 is 10.2 Å². The summed E-state index contributed by atoms with van der Waals surface area (Å²) in [5.41, 5.74) is 0.0475. The smallest absolute Gasteiger partial charge is 0.263 e. The largest absolute Gasteiger partial charge is 0.373 e. The average Bonchev–Trinajstić information content (AvgIpc) is 2.41. The molecule has 1 aliphatic heterocycles. The first-order chi connectivity index (χ1) is 9.38. The third-order valence-corrected chi connectivity index (χ3v) is 4.26. The fraction of sp³-hybridized carbons (Fsp3) is 0.667. The summed E-state index contributed by atoms with van der Waals surface area (Å²) in [5, 5.41) is 11.6. The molecule has 0 unspecified atom stereocenters. The van der Waals surface area contributed by atoms with Gasteiger partial charge in [0.15, 0.2) is 0 Å². The van der Waals surface area contributed by atoms with Crippen molar-refractivity contribution in [2.45, 2.75) is 13.3 Å². The first kappa shape index (κ1) is 16.5. The van der Waals surface area contributed by atoms with E-state index in [1.54, 1.807) is 4.90 Å². The Morgan fingerprint density at radius 1 is 1.35 bits per heavy atom. The van der Waals surface area contributed by atoms with Crippen LogP contribution in [-0.4, -0.2) is 62.5 Å². The molecule has 7 nitrogen and oxygen atoms in total. The number of nitriles is 1. The van der Waals surface area contributed by atoms with Crippen LogP contribution in [0.5, 0.6) is 0 Å². The maximum absolute atomic E-state index is 11.7. The van der Waals surface area contributed by atoms with E-state index in [0.717, 1.165) is 6.42 Å². The standard InChI is InChI=1S/C12H20N4O3S/c1-3-4-14-12(17)11(9-13)10-15-5-7-16(8-6-15)20(2,18)19/h10H,3-8H2,1-2H3,(H,14,17)/b11-10-. The van der Waals surface area contributed by atoms with Crippen molar-refractivity contribution >= 4 is 15.9 Å². The van der Waals surface area contributed by atoms with Gasteiger partial charge in [0.05, 0.1) is 6.26 Å². The van der Waals surface area contributed by atoms with E-state index in [1.165, 1.54) is 16.8 Å². The van der Waals surface area contributed by atoms with Gasteiger partial charge in [-0.1, -0.05) is 6.92 Å². The highest BCUT2D eigenvalue weighted by atomic mass is 32.2. The summed E-state index contributed by atoms with van der Waals surface area (Å²) >= 11 is 0. The summed E-state index contributed by atoms with van der Waals surface area (Å²) in [6.07, 6.45) is 3.49. The van der Waals surface area contributed by atoms with Crippen LogP contribution >= 0.6 is 0 Å². The average molecular weight is 300 g/mol. The van der Waals surface area contributed by atoms with Crippen molar-refractivity contribution in [1.82, 2.24) is 14.5 Å². The molecule has 0 aromatic heterocycles. The van der Waals surface area contributed by atoms with Crippen molar-refractivity contribution in [2.24, 2.45) is 0 Å². The number of amides is 1. The highest BCUT2D eigenvalue weighted by Gasteiger charge is 2.22. The van der Waals surface area contributed by atoms with Gasteiger partial charge in [-0.05, 0) is 6.42 Å². The zero-order valence-corrected chi connectivity index (χ0v) is 12.6. The minimum Gasteiger partial charge on any atom is -0.373 e. The van der Waals surface area contributed by atoms with Crippen LogP contribution in [-0.2, 0) is 14.8 Å². The van der Waals surface area contributed by atoms with Crippen molar-refractivity contribution in [1.29, 1.82) is 5.26 Å². The van der Waals surface area contributed by atoms with Gasteiger partial charge in [-0.25, -0.2) is 8.42 Å². The molecule has 0 aromatic carbocycles. The van der Waals surface area contributed by atoms with Crippen LogP contribution < -0.4 is 5.32 Å². The van der Waals surface area contributed by atoms with E-state index in [9.17, 15) is 13.2 Å². The maximum Gasteiger partial charge on any atom is 0.263 e. The SMILES string of the molecule is CCCNC(=O)/C(C#N)=C\N1CCN(S(C)(=O)=O)CC1. The second kappa shape index (κ2) is 7.26. The lowest BCUT2D eigenvalue weighted by Gasteiger charge is -2.32. The van der Waals surface area contributed by atoms with Crippen molar-refractivity contribution in [3.63, 3.8) is 0 Å². The molecule has 1 aliphatic rings. The number of nitrogens with one attached hydrogen (secondary N) is 1. The number of carbonyl (C=O) groups is 1. The van der Waals surface area contributed by atoms with E-state index in [-0.39, 0.29) is 11.5 Å². The van der Waals surface area contributed by atoms with Crippen LogP contribution in [0, 0.1) is 11.3 Å². The maximum atomic E-state index is 11.7. The first-order valence-electron chi connectivity index (χ1n) is 6.47. The van der Waals surface area contributed by atoms with Gasteiger partial charge in [-0.3, -0.25) is 4.79 Å². The summed E-state index contributed by atoms with van der Waals surface area (Å²) < 4.78 is 24.1. The summed E-state index contributed by atoms with van der Waals surface area (Å²) in [4.78, 5) is 13.5. The Bertz CT molecular complexity index is 513. The molecule has 1 rings (SSSR count). The first-order valence-corrected chi connectivity index (χ1v) is 8.32. The molecule has 8 heteroatoms. The lowest BCUT2D eigenvalue weighted by Crippen LogP contribution is -2.46. The van der Waals surface area contributed by atoms with Gasteiger partial charge >= 0.3 is 0 Å². The molecule has 0 radical (unpaired) electrons. The van der Waals surface area contributed by atoms with E-state index >= 15 is 0 Å². The van der Waals surface area contributed by atoms with Crippen molar-refractivity contribution < 1.29 is 13.2 Å². The van der Waals surface area contributed by atoms with Gasteiger partial charge in [0.1, 0.15) is 11.6 Å². The quantitative estimate of drug-likeness (QED) is 0.545. The Hall–Kier alpha value is -1.59. The van der Waals surface area contributed by atoms with Gasteiger partial charge in [0, 0.05) is 38.9 Å². The summed E-state index contributed by atoms with van der Waals surface area (Å²) in [7, 11) is -3.17. The molecule has 0 aromatic rings. The van der Waals surface area contributed by atoms with Crippen LogP contribution in [0.4, 0.5) is 0 Å². The van der Waals surface area contributed by atoms with Crippen LogP contribution in [0.15, 0.2) is 11.8 Å². The van der Waals surface area contributed by atoms with Crippen LogP contribution in [0.3, 0.4) is 0 Å². The third-order valence-electron chi connectivity index (χ3n) is 2.95. The molecule has 1 saturated heterocycles. The molecule has 1 heterocycles. The molecule has 1 N–H and O–H groups in total. The summed E-state index contributed by atoms with van der Waals surface area (Å²) in [6, 6.07) is 1.88. The van der Waals surface area contributed by atoms with E-state index in [4.69, 9.17) is 5.26 Å². The third kappa shape index (κ3) is 4.83.